The van der Waals surface area contributed by atoms with Gasteiger partial charge in [-0.2, -0.15) is 4.98 Å². The Labute approximate surface area is 120 Å². The summed E-state index contributed by atoms with van der Waals surface area (Å²) < 4.78 is 13.6. The van der Waals surface area contributed by atoms with Crippen molar-refractivity contribution < 1.29 is 4.39 Å². The zero-order valence-corrected chi connectivity index (χ0v) is 12.3. The maximum absolute atomic E-state index is 13.6. The molecule has 1 fully saturated rings. The monoisotopic (exact) mass is 280 g/mol. The van der Waals surface area contributed by atoms with Crippen molar-refractivity contribution in [3.8, 4) is 0 Å². The Morgan fingerprint density at radius 1 is 1.25 bits per heavy atom. The number of nitrogens with zero attached hydrogens (tertiary/aromatic N) is 2. The average Bonchev–Trinajstić information content (AvgIpc) is 2.97. The summed E-state index contributed by atoms with van der Waals surface area (Å²) in [5.74, 6) is 1.30. The second kappa shape index (κ2) is 8.02. The molecule has 2 rings (SSSR count). The van der Waals surface area contributed by atoms with Crippen molar-refractivity contribution in [3.05, 3.63) is 12.0 Å². The predicted octanol–water partition coefficient (Wildman–Crippen LogP) is 3.82. The Morgan fingerprint density at radius 3 is 2.80 bits per heavy atom. The van der Waals surface area contributed by atoms with Crippen molar-refractivity contribution in [2.24, 2.45) is 5.92 Å². The van der Waals surface area contributed by atoms with Crippen LogP contribution in [0.3, 0.4) is 0 Å². The lowest BCUT2D eigenvalue weighted by atomic mass is 10.0. The molecule has 0 aromatic carbocycles. The third-order valence-electron chi connectivity index (χ3n) is 3.83. The minimum atomic E-state index is -0.382. The molecule has 1 aliphatic carbocycles. The van der Waals surface area contributed by atoms with Gasteiger partial charge >= 0.3 is 0 Å². The van der Waals surface area contributed by atoms with E-state index in [0.29, 0.717) is 11.8 Å². The van der Waals surface area contributed by atoms with Crippen LogP contribution in [0.4, 0.5) is 16.2 Å². The van der Waals surface area contributed by atoms with Crippen LogP contribution in [0.5, 0.6) is 0 Å². The van der Waals surface area contributed by atoms with Gasteiger partial charge < -0.3 is 10.6 Å². The van der Waals surface area contributed by atoms with Crippen LogP contribution in [0.1, 0.15) is 51.9 Å². The van der Waals surface area contributed by atoms with Gasteiger partial charge in [-0.3, -0.25) is 0 Å². The van der Waals surface area contributed by atoms with Gasteiger partial charge in [0.25, 0.3) is 0 Å². The highest BCUT2D eigenvalue weighted by Gasteiger charge is 2.14. The molecule has 20 heavy (non-hydrogen) atoms. The molecule has 5 heteroatoms. The molecule has 1 aromatic rings. The van der Waals surface area contributed by atoms with Crippen molar-refractivity contribution in [2.75, 3.05) is 23.7 Å². The summed E-state index contributed by atoms with van der Waals surface area (Å²) in [4.78, 5) is 8.10. The number of hydrogen-bond acceptors (Lipinski definition) is 4. The standard InChI is InChI=1S/C15H25FN4/c1-2-9-18-15-19-11-13(16)14(20-15)17-10-5-8-12-6-3-4-7-12/h11-12H,2-10H2,1H3,(H2,17,18,19,20). The molecule has 1 aromatic heterocycles. The Morgan fingerprint density at radius 2 is 2.05 bits per heavy atom. The van der Waals surface area contributed by atoms with E-state index in [2.05, 4.69) is 27.5 Å². The van der Waals surface area contributed by atoms with Gasteiger partial charge in [-0.25, -0.2) is 9.37 Å². The van der Waals surface area contributed by atoms with Crippen LogP contribution in [0, 0.1) is 11.7 Å². The van der Waals surface area contributed by atoms with E-state index >= 15 is 0 Å². The molecule has 4 nitrogen and oxygen atoms in total. The topological polar surface area (TPSA) is 49.8 Å². The van der Waals surface area contributed by atoms with E-state index in [4.69, 9.17) is 0 Å². The average molecular weight is 280 g/mol. The molecule has 1 saturated carbocycles. The van der Waals surface area contributed by atoms with Gasteiger partial charge in [0.05, 0.1) is 6.20 Å². The largest absolute Gasteiger partial charge is 0.367 e. The van der Waals surface area contributed by atoms with Crippen molar-refractivity contribution in [1.29, 1.82) is 0 Å². The first-order valence-corrected chi connectivity index (χ1v) is 7.80. The van der Waals surface area contributed by atoms with Gasteiger partial charge in [-0.15, -0.1) is 0 Å². The molecule has 0 unspecified atom stereocenters. The number of halogens is 1. The number of aromatic nitrogens is 2. The summed E-state index contributed by atoms with van der Waals surface area (Å²) in [5, 5.41) is 6.16. The molecular weight excluding hydrogens is 255 g/mol. The summed E-state index contributed by atoms with van der Waals surface area (Å²) in [6.45, 7) is 3.64. The first-order chi connectivity index (χ1) is 9.79. The highest BCUT2D eigenvalue weighted by atomic mass is 19.1. The first-order valence-electron chi connectivity index (χ1n) is 7.80. The minimum Gasteiger partial charge on any atom is -0.367 e. The number of hydrogen-bond donors (Lipinski definition) is 2. The van der Waals surface area contributed by atoms with E-state index in [1.807, 2.05) is 0 Å². The molecule has 112 valence electrons. The fraction of sp³-hybridized carbons (Fsp3) is 0.733. The summed E-state index contributed by atoms with van der Waals surface area (Å²) in [7, 11) is 0. The molecule has 0 atom stereocenters. The number of rotatable bonds is 8. The smallest absolute Gasteiger partial charge is 0.224 e. The Hall–Kier alpha value is -1.39. The molecule has 0 spiro atoms. The first kappa shape index (κ1) is 15.0. The van der Waals surface area contributed by atoms with Crippen molar-refractivity contribution in [2.45, 2.75) is 51.9 Å². The van der Waals surface area contributed by atoms with E-state index in [0.717, 1.165) is 31.8 Å². The van der Waals surface area contributed by atoms with Crippen molar-refractivity contribution in [1.82, 2.24) is 9.97 Å². The lowest BCUT2D eigenvalue weighted by molar-refractivity contribution is 0.490. The van der Waals surface area contributed by atoms with Crippen LogP contribution in [0.25, 0.3) is 0 Å². The van der Waals surface area contributed by atoms with E-state index in [9.17, 15) is 4.39 Å². The van der Waals surface area contributed by atoms with Crippen molar-refractivity contribution >= 4 is 11.8 Å². The maximum atomic E-state index is 13.6. The van der Waals surface area contributed by atoms with Crippen LogP contribution < -0.4 is 10.6 Å². The number of anilines is 2. The van der Waals surface area contributed by atoms with E-state index in [-0.39, 0.29) is 5.82 Å². The minimum absolute atomic E-state index is 0.310. The maximum Gasteiger partial charge on any atom is 0.224 e. The Kier molecular flexibility index (Phi) is 6.02. The molecule has 0 radical (unpaired) electrons. The van der Waals surface area contributed by atoms with Crippen LogP contribution in [0.15, 0.2) is 6.20 Å². The van der Waals surface area contributed by atoms with Gasteiger partial charge in [0.15, 0.2) is 11.6 Å². The third-order valence-corrected chi connectivity index (χ3v) is 3.83. The van der Waals surface area contributed by atoms with E-state index in [1.54, 1.807) is 0 Å². The van der Waals surface area contributed by atoms with Gasteiger partial charge in [-0.05, 0) is 25.2 Å². The summed E-state index contributed by atoms with van der Waals surface area (Å²) in [5.41, 5.74) is 0. The summed E-state index contributed by atoms with van der Waals surface area (Å²) >= 11 is 0. The van der Waals surface area contributed by atoms with Gasteiger partial charge in [0.2, 0.25) is 5.95 Å². The highest BCUT2D eigenvalue weighted by molar-refractivity contribution is 5.40. The lowest BCUT2D eigenvalue weighted by Crippen LogP contribution is -2.10. The quantitative estimate of drug-likeness (QED) is 0.711. The highest BCUT2D eigenvalue weighted by Crippen LogP contribution is 2.28. The van der Waals surface area contributed by atoms with Gasteiger partial charge in [0, 0.05) is 13.1 Å². The molecular formula is C15H25FN4. The fourth-order valence-electron chi connectivity index (χ4n) is 2.71. The second-order valence-electron chi connectivity index (χ2n) is 5.54. The predicted molar refractivity (Wildman–Crippen MR) is 80.5 cm³/mol. The SMILES string of the molecule is CCCNc1ncc(F)c(NCCCC2CCCC2)n1. The van der Waals surface area contributed by atoms with Crippen LogP contribution in [-0.4, -0.2) is 23.1 Å². The summed E-state index contributed by atoms with van der Waals surface area (Å²) in [6, 6.07) is 0. The molecule has 1 aliphatic rings. The second-order valence-corrected chi connectivity index (χ2v) is 5.54. The normalized spacial score (nSPS) is 15.5. The third kappa shape index (κ3) is 4.62. The van der Waals surface area contributed by atoms with Crippen molar-refractivity contribution in [3.63, 3.8) is 0 Å². The molecule has 0 bridgehead atoms. The molecule has 0 aliphatic heterocycles. The molecule has 0 saturated heterocycles. The lowest BCUT2D eigenvalue weighted by Gasteiger charge is -2.11. The van der Waals surface area contributed by atoms with Crippen LogP contribution in [-0.2, 0) is 0 Å². The van der Waals surface area contributed by atoms with Gasteiger partial charge in [-0.1, -0.05) is 32.6 Å². The number of nitrogens with one attached hydrogen (secondary N) is 2. The Bertz CT molecular complexity index is 405. The summed E-state index contributed by atoms with van der Waals surface area (Å²) in [6.07, 6.45) is 10.0. The van der Waals surface area contributed by atoms with E-state index in [1.165, 1.54) is 38.3 Å². The molecule has 0 amide bonds. The zero-order valence-electron chi connectivity index (χ0n) is 12.3. The van der Waals surface area contributed by atoms with Gasteiger partial charge in [0.1, 0.15) is 0 Å². The van der Waals surface area contributed by atoms with Crippen LogP contribution in [0.2, 0.25) is 0 Å². The fourth-order valence-corrected chi connectivity index (χ4v) is 2.71. The Balaban J connectivity index is 1.75. The zero-order chi connectivity index (χ0) is 14.2. The van der Waals surface area contributed by atoms with Crippen LogP contribution >= 0.6 is 0 Å². The van der Waals surface area contributed by atoms with E-state index < -0.39 is 0 Å². The molecule has 2 N–H and O–H groups in total. The molecule has 1 heterocycles.